The molecular weight excluding hydrogens is 168 g/mol. The van der Waals surface area contributed by atoms with Crippen LogP contribution in [0.5, 0.6) is 0 Å². The molecule has 0 saturated carbocycles. The van der Waals surface area contributed by atoms with E-state index in [9.17, 15) is 4.79 Å². The van der Waals surface area contributed by atoms with Crippen molar-refractivity contribution in [2.24, 2.45) is 0 Å². The van der Waals surface area contributed by atoms with E-state index in [-0.39, 0.29) is 5.56 Å². The maximum absolute atomic E-state index is 11.2. The van der Waals surface area contributed by atoms with E-state index in [0.717, 1.165) is 0 Å². The van der Waals surface area contributed by atoms with Gasteiger partial charge in [0, 0.05) is 11.8 Å². The minimum atomic E-state index is -0.125. The second kappa shape index (κ2) is 2.85. The summed E-state index contributed by atoms with van der Waals surface area (Å²) in [7, 11) is 0. The topological polar surface area (TPSA) is 74.4 Å². The van der Waals surface area contributed by atoms with Crippen molar-refractivity contribution in [1.82, 2.24) is 19.9 Å². The van der Waals surface area contributed by atoms with E-state index < -0.39 is 0 Å². The summed E-state index contributed by atoms with van der Waals surface area (Å²) < 4.78 is 0. The van der Waals surface area contributed by atoms with Crippen LogP contribution < -0.4 is 5.56 Å². The Morgan fingerprint density at radius 1 is 1.38 bits per heavy atom. The fourth-order valence-electron chi connectivity index (χ4n) is 0.981. The predicted octanol–water partition coefficient (Wildman–Crippen LogP) is 0.468. The van der Waals surface area contributed by atoms with Gasteiger partial charge in [0.2, 0.25) is 0 Å². The maximum atomic E-state index is 11.2. The Kier molecular flexibility index (Phi) is 1.70. The Morgan fingerprint density at radius 2 is 2.23 bits per heavy atom. The van der Waals surface area contributed by atoms with Gasteiger partial charge in [-0.25, -0.2) is 9.97 Å². The summed E-state index contributed by atoms with van der Waals surface area (Å²) in [6.07, 6.45) is 4.68. The molecule has 2 N–H and O–H groups in total. The summed E-state index contributed by atoms with van der Waals surface area (Å²) in [5, 5.41) is 0. The van der Waals surface area contributed by atoms with Crippen LogP contribution in [0.3, 0.4) is 0 Å². The van der Waals surface area contributed by atoms with Crippen molar-refractivity contribution in [2.45, 2.75) is 6.92 Å². The molecular formula is C8H8N4O. The van der Waals surface area contributed by atoms with Gasteiger partial charge in [-0.2, -0.15) is 0 Å². The van der Waals surface area contributed by atoms with Gasteiger partial charge < -0.3 is 9.97 Å². The lowest BCUT2D eigenvalue weighted by Crippen LogP contribution is -2.11. The Balaban J connectivity index is 2.55. The average Bonchev–Trinajstić information content (AvgIpc) is 2.62. The average molecular weight is 176 g/mol. The number of rotatable bonds is 1. The van der Waals surface area contributed by atoms with Crippen LogP contribution in [0.2, 0.25) is 0 Å². The first-order valence-corrected chi connectivity index (χ1v) is 3.82. The monoisotopic (exact) mass is 176 g/mol. The largest absolute Gasteiger partial charge is 0.342 e. The van der Waals surface area contributed by atoms with Gasteiger partial charge >= 0.3 is 0 Å². The van der Waals surface area contributed by atoms with Crippen LogP contribution in [0, 0.1) is 6.92 Å². The van der Waals surface area contributed by atoms with Gasteiger partial charge in [0.25, 0.3) is 5.56 Å². The highest BCUT2D eigenvalue weighted by molar-refractivity contribution is 5.46. The lowest BCUT2D eigenvalue weighted by molar-refractivity contribution is 1.07. The summed E-state index contributed by atoms with van der Waals surface area (Å²) in [5.74, 6) is 0.508. The van der Waals surface area contributed by atoms with Crippen LogP contribution in [-0.2, 0) is 0 Å². The molecule has 5 heteroatoms. The SMILES string of the molecule is Cc1cnc(-c2cnc[nH]2)[nH]c1=O. The van der Waals surface area contributed by atoms with E-state index in [1.165, 1.54) is 12.5 Å². The van der Waals surface area contributed by atoms with Crippen molar-refractivity contribution < 1.29 is 0 Å². The molecule has 0 aliphatic carbocycles. The standard InChI is InChI=1S/C8H8N4O/c1-5-2-10-7(12-8(5)13)6-3-9-4-11-6/h2-4H,1H3,(H,9,11)(H,10,12,13). The van der Waals surface area contributed by atoms with Crippen LogP contribution in [0.1, 0.15) is 5.56 Å². The molecule has 2 aromatic rings. The highest BCUT2D eigenvalue weighted by Crippen LogP contribution is 2.06. The van der Waals surface area contributed by atoms with Crippen LogP contribution in [-0.4, -0.2) is 19.9 Å². The molecule has 0 unspecified atom stereocenters. The quantitative estimate of drug-likeness (QED) is 0.663. The van der Waals surface area contributed by atoms with Crippen LogP contribution >= 0.6 is 0 Å². The van der Waals surface area contributed by atoms with E-state index in [4.69, 9.17) is 0 Å². The van der Waals surface area contributed by atoms with E-state index in [1.807, 2.05) is 0 Å². The molecule has 0 spiro atoms. The third kappa shape index (κ3) is 1.35. The van der Waals surface area contributed by atoms with E-state index in [2.05, 4.69) is 19.9 Å². The number of aryl methyl sites for hydroxylation is 1. The molecule has 0 radical (unpaired) electrons. The Hall–Kier alpha value is -1.91. The van der Waals surface area contributed by atoms with Crippen molar-refractivity contribution in [1.29, 1.82) is 0 Å². The summed E-state index contributed by atoms with van der Waals surface area (Å²) in [5.41, 5.74) is 1.18. The minimum Gasteiger partial charge on any atom is -0.342 e. The van der Waals surface area contributed by atoms with Gasteiger partial charge in [0.05, 0.1) is 12.5 Å². The molecule has 0 aliphatic rings. The van der Waals surface area contributed by atoms with Gasteiger partial charge in [0.1, 0.15) is 5.69 Å². The van der Waals surface area contributed by atoms with Crippen molar-refractivity contribution in [3.8, 4) is 11.5 Å². The first-order valence-electron chi connectivity index (χ1n) is 3.82. The molecule has 0 bridgehead atoms. The molecule has 2 rings (SSSR count). The smallest absolute Gasteiger partial charge is 0.254 e. The first kappa shape index (κ1) is 7.72. The van der Waals surface area contributed by atoms with Gasteiger partial charge in [-0.15, -0.1) is 0 Å². The summed E-state index contributed by atoms with van der Waals surface area (Å²) >= 11 is 0. The molecule has 0 saturated heterocycles. The van der Waals surface area contributed by atoms with Crippen molar-refractivity contribution in [3.05, 3.63) is 34.6 Å². The Bertz CT molecular complexity index is 457. The fraction of sp³-hybridized carbons (Fsp3) is 0.125. The summed E-state index contributed by atoms with van der Waals surface area (Å²) in [4.78, 5) is 24.6. The molecule has 13 heavy (non-hydrogen) atoms. The van der Waals surface area contributed by atoms with E-state index >= 15 is 0 Å². The van der Waals surface area contributed by atoms with Crippen molar-refractivity contribution in [3.63, 3.8) is 0 Å². The Labute approximate surface area is 73.9 Å². The third-order valence-corrected chi connectivity index (χ3v) is 1.73. The molecule has 0 atom stereocenters. The van der Waals surface area contributed by atoms with E-state index in [1.54, 1.807) is 13.1 Å². The van der Waals surface area contributed by atoms with Gasteiger partial charge in [-0.3, -0.25) is 4.79 Å². The molecule has 2 heterocycles. The summed E-state index contributed by atoms with van der Waals surface area (Å²) in [6.45, 7) is 1.71. The van der Waals surface area contributed by atoms with Gasteiger partial charge in [-0.1, -0.05) is 0 Å². The normalized spacial score (nSPS) is 10.2. The fourth-order valence-corrected chi connectivity index (χ4v) is 0.981. The number of aromatic nitrogens is 4. The number of H-pyrrole nitrogens is 2. The molecule has 0 amide bonds. The number of imidazole rings is 1. The van der Waals surface area contributed by atoms with Gasteiger partial charge in [0.15, 0.2) is 5.82 Å². The molecule has 0 aliphatic heterocycles. The summed E-state index contributed by atoms with van der Waals surface area (Å²) in [6, 6.07) is 0. The predicted molar refractivity (Wildman–Crippen MR) is 47.2 cm³/mol. The molecule has 0 fully saturated rings. The Morgan fingerprint density at radius 3 is 2.85 bits per heavy atom. The number of hydrogen-bond donors (Lipinski definition) is 2. The zero-order valence-electron chi connectivity index (χ0n) is 7.03. The zero-order valence-corrected chi connectivity index (χ0v) is 7.03. The first-order chi connectivity index (χ1) is 6.27. The molecule has 66 valence electrons. The lowest BCUT2D eigenvalue weighted by Gasteiger charge is -1.95. The van der Waals surface area contributed by atoms with Crippen LogP contribution in [0.25, 0.3) is 11.5 Å². The number of nitrogens with one attached hydrogen (secondary N) is 2. The van der Waals surface area contributed by atoms with Crippen molar-refractivity contribution in [2.75, 3.05) is 0 Å². The second-order valence-corrected chi connectivity index (χ2v) is 2.71. The lowest BCUT2D eigenvalue weighted by atomic mass is 10.3. The highest BCUT2D eigenvalue weighted by Gasteiger charge is 2.01. The number of nitrogens with zero attached hydrogens (tertiary/aromatic N) is 2. The third-order valence-electron chi connectivity index (χ3n) is 1.73. The molecule has 5 nitrogen and oxygen atoms in total. The van der Waals surface area contributed by atoms with Crippen molar-refractivity contribution >= 4 is 0 Å². The number of hydrogen-bond acceptors (Lipinski definition) is 3. The second-order valence-electron chi connectivity index (χ2n) is 2.71. The van der Waals surface area contributed by atoms with Crippen LogP contribution in [0.15, 0.2) is 23.5 Å². The maximum Gasteiger partial charge on any atom is 0.254 e. The molecule has 2 aromatic heterocycles. The zero-order chi connectivity index (χ0) is 9.26. The van der Waals surface area contributed by atoms with Gasteiger partial charge in [-0.05, 0) is 6.92 Å². The van der Waals surface area contributed by atoms with E-state index in [0.29, 0.717) is 17.1 Å². The molecule has 0 aromatic carbocycles. The highest BCUT2D eigenvalue weighted by atomic mass is 16.1. The number of aromatic amines is 2. The minimum absolute atomic E-state index is 0.125. The van der Waals surface area contributed by atoms with Crippen LogP contribution in [0.4, 0.5) is 0 Å².